The van der Waals surface area contributed by atoms with E-state index < -0.39 is 0 Å². The first kappa shape index (κ1) is 20.9. The molecule has 1 N–H and O–H groups in total. The number of hydrogen-bond acceptors (Lipinski definition) is 5. The van der Waals surface area contributed by atoms with Crippen molar-refractivity contribution in [3.8, 4) is 5.75 Å². The molecule has 1 aromatic heterocycles. The van der Waals surface area contributed by atoms with Crippen molar-refractivity contribution < 1.29 is 19.1 Å². The first-order valence-electron chi connectivity index (χ1n) is 9.41. The summed E-state index contributed by atoms with van der Waals surface area (Å²) in [5.74, 6) is -0.0305. The number of carbonyl (C=O) groups excluding carboxylic acids is 3. The van der Waals surface area contributed by atoms with Gasteiger partial charge in [0.05, 0.1) is 12.8 Å². The highest BCUT2D eigenvalue weighted by Gasteiger charge is 2.22. The number of anilines is 1. The van der Waals surface area contributed by atoms with Crippen LogP contribution in [0, 0.1) is 0 Å². The van der Waals surface area contributed by atoms with E-state index in [1.165, 1.54) is 22.5 Å². The molecule has 8 heteroatoms. The summed E-state index contributed by atoms with van der Waals surface area (Å²) in [5, 5.41) is 4.81. The lowest BCUT2D eigenvalue weighted by Gasteiger charge is -2.27. The number of nitrogens with one attached hydrogen (secondary N) is 1. The summed E-state index contributed by atoms with van der Waals surface area (Å²) in [5.41, 5.74) is 2.06. The lowest BCUT2D eigenvalue weighted by atomic mass is 10.1. The van der Waals surface area contributed by atoms with Crippen LogP contribution in [-0.4, -0.2) is 55.3 Å². The molecule has 3 amide bonds. The molecule has 1 aliphatic heterocycles. The third kappa shape index (κ3) is 4.95. The van der Waals surface area contributed by atoms with E-state index in [4.69, 9.17) is 4.74 Å². The Hall–Kier alpha value is -2.87. The molecule has 0 atom stereocenters. The molecule has 0 saturated carbocycles. The van der Waals surface area contributed by atoms with Gasteiger partial charge < -0.3 is 19.9 Å². The topological polar surface area (TPSA) is 79.0 Å². The smallest absolute Gasteiger partial charge is 0.253 e. The fraction of sp³-hybridized carbons (Fsp3) is 0.381. The van der Waals surface area contributed by atoms with Gasteiger partial charge in [-0.15, -0.1) is 11.3 Å². The van der Waals surface area contributed by atoms with Gasteiger partial charge in [-0.05, 0) is 41.6 Å². The number of hydrogen-bond donors (Lipinski definition) is 1. The standard InChI is InChI=1S/C21H25N3O4S/c1-23(2)21(27)14-4-5-17(28-3)16(12-14)22-19(25)6-7-20(26)24-10-8-18-15(13-24)9-11-29-18/h4-5,9,11-12H,6-8,10,13H2,1-3H3,(H,22,25). The molecular weight excluding hydrogens is 390 g/mol. The highest BCUT2D eigenvalue weighted by molar-refractivity contribution is 7.10. The van der Waals surface area contributed by atoms with Crippen molar-refractivity contribution in [1.29, 1.82) is 0 Å². The molecule has 2 aromatic rings. The molecule has 154 valence electrons. The number of amides is 3. The normalized spacial score (nSPS) is 12.9. The van der Waals surface area contributed by atoms with Crippen molar-refractivity contribution in [2.24, 2.45) is 0 Å². The Labute approximate surface area is 174 Å². The van der Waals surface area contributed by atoms with Gasteiger partial charge in [0, 0.05) is 50.5 Å². The Morgan fingerprint density at radius 1 is 1.21 bits per heavy atom. The van der Waals surface area contributed by atoms with Crippen LogP contribution in [0.2, 0.25) is 0 Å². The average Bonchev–Trinajstić information content (AvgIpc) is 3.19. The number of ether oxygens (including phenoxy) is 1. The predicted octanol–water partition coefficient (Wildman–Crippen LogP) is 2.76. The minimum Gasteiger partial charge on any atom is -0.495 e. The van der Waals surface area contributed by atoms with E-state index in [9.17, 15) is 14.4 Å². The van der Waals surface area contributed by atoms with E-state index in [1.54, 1.807) is 48.5 Å². The zero-order valence-corrected chi connectivity index (χ0v) is 17.7. The molecule has 29 heavy (non-hydrogen) atoms. The van der Waals surface area contributed by atoms with E-state index in [2.05, 4.69) is 16.8 Å². The second kappa shape index (κ2) is 9.09. The Morgan fingerprint density at radius 2 is 2.00 bits per heavy atom. The Balaban J connectivity index is 1.58. The Kier molecular flexibility index (Phi) is 6.53. The van der Waals surface area contributed by atoms with Gasteiger partial charge in [0.15, 0.2) is 0 Å². The lowest BCUT2D eigenvalue weighted by molar-refractivity contribution is -0.133. The number of benzene rings is 1. The summed E-state index contributed by atoms with van der Waals surface area (Å²) in [6.07, 6.45) is 1.08. The van der Waals surface area contributed by atoms with Gasteiger partial charge in [-0.3, -0.25) is 14.4 Å². The van der Waals surface area contributed by atoms with Crippen LogP contribution in [0.3, 0.4) is 0 Å². The van der Waals surface area contributed by atoms with Gasteiger partial charge in [0.2, 0.25) is 11.8 Å². The lowest BCUT2D eigenvalue weighted by Crippen LogP contribution is -2.35. The molecule has 0 fully saturated rings. The molecule has 1 aliphatic rings. The van der Waals surface area contributed by atoms with Gasteiger partial charge in [0.1, 0.15) is 5.75 Å². The van der Waals surface area contributed by atoms with E-state index in [0.717, 1.165) is 6.42 Å². The van der Waals surface area contributed by atoms with Crippen molar-refractivity contribution in [3.63, 3.8) is 0 Å². The molecule has 3 rings (SSSR count). The zero-order valence-electron chi connectivity index (χ0n) is 16.9. The quantitative estimate of drug-likeness (QED) is 0.787. The second-order valence-corrected chi connectivity index (χ2v) is 8.10. The zero-order chi connectivity index (χ0) is 21.0. The molecule has 0 saturated heterocycles. The molecule has 0 radical (unpaired) electrons. The van der Waals surface area contributed by atoms with E-state index >= 15 is 0 Å². The van der Waals surface area contributed by atoms with Crippen LogP contribution >= 0.6 is 11.3 Å². The van der Waals surface area contributed by atoms with Crippen LogP contribution in [0.4, 0.5) is 5.69 Å². The van der Waals surface area contributed by atoms with Crippen LogP contribution in [0.5, 0.6) is 5.75 Å². The molecular formula is C21H25N3O4S. The maximum atomic E-state index is 12.5. The van der Waals surface area contributed by atoms with Crippen molar-refractivity contribution in [2.45, 2.75) is 25.8 Å². The second-order valence-electron chi connectivity index (χ2n) is 7.10. The fourth-order valence-corrected chi connectivity index (χ4v) is 4.14. The van der Waals surface area contributed by atoms with Crippen LogP contribution < -0.4 is 10.1 Å². The van der Waals surface area contributed by atoms with Gasteiger partial charge in [-0.1, -0.05) is 0 Å². The first-order valence-corrected chi connectivity index (χ1v) is 10.3. The predicted molar refractivity (Wildman–Crippen MR) is 112 cm³/mol. The van der Waals surface area contributed by atoms with Crippen molar-refractivity contribution in [3.05, 3.63) is 45.6 Å². The van der Waals surface area contributed by atoms with Gasteiger partial charge in [-0.25, -0.2) is 0 Å². The summed E-state index contributed by atoms with van der Waals surface area (Å²) in [7, 11) is 4.82. The van der Waals surface area contributed by atoms with Crippen LogP contribution in [0.25, 0.3) is 0 Å². The first-order chi connectivity index (χ1) is 13.9. The number of thiophene rings is 1. The number of carbonyl (C=O) groups is 3. The third-order valence-electron chi connectivity index (χ3n) is 4.85. The summed E-state index contributed by atoms with van der Waals surface area (Å²) in [6.45, 7) is 1.30. The van der Waals surface area contributed by atoms with Gasteiger partial charge >= 0.3 is 0 Å². The van der Waals surface area contributed by atoms with Crippen molar-refractivity contribution in [2.75, 3.05) is 33.1 Å². The molecule has 0 spiro atoms. The van der Waals surface area contributed by atoms with E-state index in [1.807, 2.05) is 0 Å². The summed E-state index contributed by atoms with van der Waals surface area (Å²) in [6, 6.07) is 6.93. The van der Waals surface area contributed by atoms with Crippen LogP contribution in [-0.2, 0) is 22.6 Å². The number of methoxy groups -OCH3 is 1. The average molecular weight is 416 g/mol. The molecule has 2 heterocycles. The number of rotatable bonds is 6. The largest absolute Gasteiger partial charge is 0.495 e. The van der Waals surface area contributed by atoms with Crippen LogP contribution in [0.15, 0.2) is 29.6 Å². The molecule has 7 nitrogen and oxygen atoms in total. The molecule has 1 aromatic carbocycles. The summed E-state index contributed by atoms with van der Waals surface area (Å²) < 4.78 is 5.27. The van der Waals surface area contributed by atoms with Crippen molar-refractivity contribution in [1.82, 2.24) is 9.80 Å². The SMILES string of the molecule is COc1ccc(C(=O)N(C)C)cc1NC(=O)CCC(=O)N1CCc2sccc2C1. The Bertz CT molecular complexity index is 922. The van der Waals surface area contributed by atoms with Gasteiger partial charge in [-0.2, -0.15) is 0 Å². The number of nitrogens with zero attached hydrogens (tertiary/aromatic N) is 2. The fourth-order valence-electron chi connectivity index (χ4n) is 3.25. The highest BCUT2D eigenvalue weighted by Crippen LogP contribution is 2.27. The molecule has 0 bridgehead atoms. The highest BCUT2D eigenvalue weighted by atomic mass is 32.1. The van der Waals surface area contributed by atoms with Crippen LogP contribution in [0.1, 0.15) is 33.6 Å². The minimum atomic E-state index is -0.292. The van der Waals surface area contributed by atoms with Crippen molar-refractivity contribution >= 4 is 34.7 Å². The summed E-state index contributed by atoms with van der Waals surface area (Å²) >= 11 is 1.73. The molecule has 0 aliphatic carbocycles. The Morgan fingerprint density at radius 3 is 2.72 bits per heavy atom. The maximum absolute atomic E-state index is 12.5. The summed E-state index contributed by atoms with van der Waals surface area (Å²) in [4.78, 5) is 41.7. The monoisotopic (exact) mass is 415 g/mol. The minimum absolute atomic E-state index is 0.0273. The van der Waals surface area contributed by atoms with Gasteiger partial charge in [0.25, 0.3) is 5.91 Å². The van der Waals surface area contributed by atoms with E-state index in [0.29, 0.717) is 30.1 Å². The molecule has 0 unspecified atom stereocenters. The van der Waals surface area contributed by atoms with E-state index in [-0.39, 0.29) is 30.6 Å². The third-order valence-corrected chi connectivity index (χ3v) is 5.88. The number of fused-ring (bicyclic) bond motifs is 1. The maximum Gasteiger partial charge on any atom is 0.253 e.